The highest BCUT2D eigenvalue weighted by Gasteiger charge is 2.32. The molecule has 0 aliphatic rings. The normalized spacial score (nSPS) is 12.2. The third-order valence-corrected chi connectivity index (χ3v) is 8.13. The van der Waals surface area contributed by atoms with Gasteiger partial charge in [-0.05, 0) is 55.2 Å². The van der Waals surface area contributed by atoms with Crippen LogP contribution in [0.4, 0.5) is 5.69 Å². The Labute approximate surface area is 220 Å². The molecule has 3 aromatic rings. The second kappa shape index (κ2) is 12.1. The van der Waals surface area contributed by atoms with Gasteiger partial charge in [0, 0.05) is 13.6 Å². The van der Waals surface area contributed by atoms with Gasteiger partial charge in [0.25, 0.3) is 10.0 Å². The maximum absolute atomic E-state index is 13.8. The summed E-state index contributed by atoms with van der Waals surface area (Å²) >= 11 is 0. The predicted molar refractivity (Wildman–Crippen MR) is 147 cm³/mol. The van der Waals surface area contributed by atoms with Crippen molar-refractivity contribution in [2.24, 2.45) is 0 Å². The Balaban J connectivity index is 2.02. The molecule has 37 heavy (non-hydrogen) atoms. The lowest BCUT2D eigenvalue weighted by atomic mass is 10.0. The Morgan fingerprint density at radius 2 is 1.46 bits per heavy atom. The fourth-order valence-corrected chi connectivity index (χ4v) is 5.39. The van der Waals surface area contributed by atoms with Crippen molar-refractivity contribution in [2.45, 2.75) is 51.1 Å². The van der Waals surface area contributed by atoms with Crippen molar-refractivity contribution in [3.63, 3.8) is 0 Å². The van der Waals surface area contributed by atoms with Crippen molar-refractivity contribution < 1.29 is 18.0 Å². The number of likely N-dealkylation sites (N-methyl/N-ethyl adjacent to an activating group) is 1. The summed E-state index contributed by atoms with van der Waals surface area (Å²) in [5, 5.41) is 2.59. The summed E-state index contributed by atoms with van der Waals surface area (Å²) in [5.74, 6) is -0.545. The Kier molecular flexibility index (Phi) is 9.10. The van der Waals surface area contributed by atoms with Crippen molar-refractivity contribution in [3.05, 3.63) is 95.6 Å². The number of carbonyl (C=O) groups excluding carboxylic acids is 2. The van der Waals surface area contributed by atoms with Crippen LogP contribution in [0, 0.1) is 6.92 Å². The fraction of sp³-hybridized carbons (Fsp3) is 0.310. The zero-order valence-corrected chi connectivity index (χ0v) is 22.8. The molecular formula is C29H35N3O4S. The Morgan fingerprint density at radius 1 is 0.865 bits per heavy atom. The topological polar surface area (TPSA) is 86.8 Å². The molecule has 3 rings (SSSR count). The Morgan fingerprint density at radius 3 is 2.00 bits per heavy atom. The van der Waals surface area contributed by atoms with Crippen LogP contribution in [0.15, 0.2) is 83.8 Å². The molecule has 8 heteroatoms. The number of hydrogen-bond donors (Lipinski definition) is 1. The summed E-state index contributed by atoms with van der Waals surface area (Å²) in [7, 11) is -2.55. The van der Waals surface area contributed by atoms with E-state index >= 15 is 0 Å². The number of carbonyl (C=O) groups is 2. The van der Waals surface area contributed by atoms with Crippen LogP contribution in [0.5, 0.6) is 0 Å². The minimum absolute atomic E-state index is 0.0835. The maximum Gasteiger partial charge on any atom is 0.264 e. The third-order valence-electron chi connectivity index (χ3n) is 6.35. The number of amides is 2. The first-order valence-corrected chi connectivity index (χ1v) is 13.7. The number of anilines is 1. The Bertz CT molecular complexity index is 1310. The quantitative estimate of drug-likeness (QED) is 0.426. The number of rotatable bonds is 10. The first-order valence-electron chi connectivity index (χ1n) is 12.3. The zero-order valence-electron chi connectivity index (χ0n) is 22.0. The molecule has 0 radical (unpaired) electrons. The van der Waals surface area contributed by atoms with Crippen molar-refractivity contribution in [2.75, 3.05) is 17.9 Å². The van der Waals surface area contributed by atoms with Gasteiger partial charge in [0.15, 0.2) is 0 Å². The number of aryl methyl sites for hydroxylation is 1. The summed E-state index contributed by atoms with van der Waals surface area (Å²) in [6.07, 6.45) is 0. The van der Waals surface area contributed by atoms with Crippen LogP contribution in [0.3, 0.4) is 0 Å². The van der Waals surface area contributed by atoms with E-state index < -0.39 is 28.5 Å². The number of nitrogens with zero attached hydrogens (tertiary/aromatic N) is 2. The largest absolute Gasteiger partial charge is 0.357 e. The molecule has 1 N–H and O–H groups in total. The van der Waals surface area contributed by atoms with E-state index in [2.05, 4.69) is 19.2 Å². The van der Waals surface area contributed by atoms with Crippen LogP contribution in [0.2, 0.25) is 0 Å². The monoisotopic (exact) mass is 521 g/mol. The summed E-state index contributed by atoms with van der Waals surface area (Å²) < 4.78 is 28.6. The lowest BCUT2D eigenvalue weighted by molar-refractivity contribution is -0.139. The van der Waals surface area contributed by atoms with E-state index in [4.69, 9.17) is 0 Å². The molecular weight excluding hydrogens is 486 g/mol. The summed E-state index contributed by atoms with van der Waals surface area (Å²) in [4.78, 5) is 27.8. The number of nitrogens with one attached hydrogen (secondary N) is 1. The summed E-state index contributed by atoms with van der Waals surface area (Å²) in [5.41, 5.74) is 3.35. The van der Waals surface area contributed by atoms with Crippen LogP contribution < -0.4 is 9.62 Å². The van der Waals surface area contributed by atoms with E-state index in [9.17, 15) is 18.0 Å². The summed E-state index contributed by atoms with van der Waals surface area (Å²) in [6.45, 7) is 7.43. The molecule has 196 valence electrons. The standard InChI is InChI=1S/C29H35N3O4S/c1-21(2)25-15-17-26(18-16-25)32(37(35,36)27-9-7-6-8-10-27)20-28(33)31(23(4)29(34)30-5)19-24-13-11-22(3)12-14-24/h6-18,21,23H,19-20H2,1-5H3,(H,30,34). The van der Waals surface area contributed by atoms with E-state index in [1.165, 1.54) is 24.1 Å². The summed E-state index contributed by atoms with van der Waals surface area (Å²) in [6, 6.07) is 22.1. The smallest absolute Gasteiger partial charge is 0.264 e. The molecule has 0 saturated carbocycles. The van der Waals surface area contributed by atoms with Crippen molar-refractivity contribution in [1.29, 1.82) is 0 Å². The number of hydrogen-bond acceptors (Lipinski definition) is 4. The molecule has 0 aliphatic carbocycles. The van der Waals surface area contributed by atoms with Gasteiger partial charge in [0.05, 0.1) is 10.6 Å². The van der Waals surface area contributed by atoms with Gasteiger partial charge in [-0.2, -0.15) is 0 Å². The van der Waals surface area contributed by atoms with Crippen molar-refractivity contribution >= 4 is 27.5 Å². The van der Waals surface area contributed by atoms with Crippen molar-refractivity contribution in [1.82, 2.24) is 10.2 Å². The second-order valence-electron chi connectivity index (χ2n) is 9.37. The van der Waals surface area contributed by atoms with Crippen LogP contribution >= 0.6 is 0 Å². The van der Waals surface area contributed by atoms with Crippen LogP contribution in [0.1, 0.15) is 43.4 Å². The molecule has 0 aliphatic heterocycles. The molecule has 3 aromatic carbocycles. The lowest BCUT2D eigenvalue weighted by Gasteiger charge is -2.32. The van der Waals surface area contributed by atoms with Crippen LogP contribution in [-0.4, -0.2) is 44.8 Å². The minimum atomic E-state index is -4.06. The van der Waals surface area contributed by atoms with Crippen molar-refractivity contribution in [3.8, 4) is 0 Å². The SMILES string of the molecule is CNC(=O)C(C)N(Cc1ccc(C)cc1)C(=O)CN(c1ccc(C(C)C)cc1)S(=O)(=O)c1ccccc1. The lowest BCUT2D eigenvalue weighted by Crippen LogP contribution is -2.50. The molecule has 0 saturated heterocycles. The van der Waals surface area contributed by atoms with Crippen LogP contribution in [-0.2, 0) is 26.2 Å². The minimum Gasteiger partial charge on any atom is -0.357 e. The van der Waals surface area contributed by atoms with Gasteiger partial charge in [0.2, 0.25) is 11.8 Å². The molecule has 1 atom stereocenters. The van der Waals surface area contributed by atoms with E-state index in [-0.39, 0.29) is 23.3 Å². The first kappa shape index (κ1) is 27.9. The number of sulfonamides is 1. The maximum atomic E-state index is 13.8. The molecule has 2 amide bonds. The predicted octanol–water partition coefficient (Wildman–Crippen LogP) is 4.48. The highest BCUT2D eigenvalue weighted by atomic mass is 32.2. The van der Waals surface area contributed by atoms with E-state index in [0.29, 0.717) is 5.69 Å². The van der Waals surface area contributed by atoms with E-state index in [1.54, 1.807) is 37.3 Å². The zero-order chi connectivity index (χ0) is 27.2. The molecule has 0 fully saturated rings. The second-order valence-corrected chi connectivity index (χ2v) is 11.2. The average Bonchev–Trinajstić information content (AvgIpc) is 2.90. The van der Waals surface area contributed by atoms with Gasteiger partial charge in [-0.25, -0.2) is 8.42 Å². The van der Waals surface area contributed by atoms with Gasteiger partial charge in [0.1, 0.15) is 12.6 Å². The molecule has 0 spiro atoms. The average molecular weight is 522 g/mol. The molecule has 0 heterocycles. The highest BCUT2D eigenvalue weighted by molar-refractivity contribution is 7.92. The molecule has 0 aromatic heterocycles. The molecule has 0 bridgehead atoms. The highest BCUT2D eigenvalue weighted by Crippen LogP contribution is 2.26. The number of benzene rings is 3. The third kappa shape index (κ3) is 6.77. The molecule has 1 unspecified atom stereocenters. The van der Waals surface area contributed by atoms with Gasteiger partial charge >= 0.3 is 0 Å². The van der Waals surface area contributed by atoms with E-state index in [0.717, 1.165) is 21.0 Å². The van der Waals surface area contributed by atoms with Crippen LogP contribution in [0.25, 0.3) is 0 Å². The van der Waals surface area contributed by atoms with Gasteiger partial charge in [-0.3, -0.25) is 13.9 Å². The van der Waals surface area contributed by atoms with E-state index in [1.807, 2.05) is 43.3 Å². The van der Waals surface area contributed by atoms with Gasteiger partial charge in [-0.15, -0.1) is 0 Å². The van der Waals surface area contributed by atoms with Gasteiger partial charge < -0.3 is 10.2 Å². The van der Waals surface area contributed by atoms with Gasteiger partial charge in [-0.1, -0.05) is 74.0 Å². The first-order chi connectivity index (χ1) is 17.5. The molecule has 7 nitrogen and oxygen atoms in total. The Hall–Kier alpha value is -3.65. The fourth-order valence-electron chi connectivity index (χ4n) is 3.96.